The largest absolute Gasteiger partial charge is 0.459 e. The molecule has 7 nitrogen and oxygen atoms in total. The monoisotopic (exact) mass is 369 g/mol. The number of likely N-dealkylation sites (tertiary alicyclic amines) is 1. The molecule has 1 saturated carbocycles. The number of rotatable bonds is 5. The van der Waals surface area contributed by atoms with Gasteiger partial charge in [0.1, 0.15) is 0 Å². The molecule has 1 aliphatic heterocycles. The van der Waals surface area contributed by atoms with E-state index in [1.54, 1.807) is 24.1 Å². The van der Waals surface area contributed by atoms with Crippen LogP contribution in [0.4, 0.5) is 0 Å². The summed E-state index contributed by atoms with van der Waals surface area (Å²) in [6, 6.07) is 3.31. The number of nitrogens with one attached hydrogen (secondary N) is 1. The van der Waals surface area contributed by atoms with E-state index in [0.29, 0.717) is 31.7 Å². The van der Waals surface area contributed by atoms with E-state index in [0.717, 1.165) is 25.7 Å². The quantitative estimate of drug-likeness (QED) is 0.860. The van der Waals surface area contributed by atoms with Crippen molar-refractivity contribution in [2.24, 2.45) is 0 Å². The third-order valence-electron chi connectivity index (χ3n) is 5.30. The normalized spacial score (nSPS) is 21.0. The van der Waals surface area contributed by atoms with Crippen LogP contribution in [0, 0.1) is 0 Å². The highest BCUT2D eigenvalue weighted by Crippen LogP contribution is 2.24. The average molecular weight is 369 g/mol. The van der Waals surface area contributed by atoms with Crippen molar-refractivity contribution in [1.29, 1.82) is 0 Å². The Kier molecular flexibility index (Phi) is 5.81. The molecule has 140 valence electrons. The van der Waals surface area contributed by atoms with Crippen molar-refractivity contribution in [3.63, 3.8) is 0 Å². The van der Waals surface area contributed by atoms with Crippen LogP contribution in [0.2, 0.25) is 0 Å². The fourth-order valence-electron chi connectivity index (χ4n) is 3.69. The van der Waals surface area contributed by atoms with Crippen molar-refractivity contribution >= 4 is 16.1 Å². The van der Waals surface area contributed by atoms with Crippen LogP contribution < -0.4 is 4.72 Å². The smallest absolute Gasteiger partial charge is 0.289 e. The molecule has 1 N–H and O–H groups in total. The lowest BCUT2D eigenvalue weighted by Gasteiger charge is -2.35. The van der Waals surface area contributed by atoms with Crippen molar-refractivity contribution in [3.8, 4) is 0 Å². The van der Waals surface area contributed by atoms with E-state index in [2.05, 4.69) is 4.72 Å². The molecular formula is C17H27N3O4S. The Morgan fingerprint density at radius 3 is 2.48 bits per heavy atom. The zero-order chi connectivity index (χ0) is 17.9. The summed E-state index contributed by atoms with van der Waals surface area (Å²) in [5.74, 6) is 0.196. The van der Waals surface area contributed by atoms with Crippen LogP contribution in [0.5, 0.6) is 0 Å². The summed E-state index contributed by atoms with van der Waals surface area (Å²) in [5.41, 5.74) is 0. The van der Waals surface area contributed by atoms with Crippen molar-refractivity contribution in [3.05, 3.63) is 24.2 Å². The van der Waals surface area contributed by atoms with Gasteiger partial charge in [-0.05, 0) is 37.8 Å². The highest BCUT2D eigenvalue weighted by Gasteiger charge is 2.32. The minimum atomic E-state index is -3.48. The first kappa shape index (κ1) is 18.4. The maximum Gasteiger partial charge on any atom is 0.289 e. The number of piperidine rings is 1. The lowest BCUT2D eigenvalue weighted by atomic mass is 9.96. The minimum Gasteiger partial charge on any atom is -0.459 e. The second-order valence-electron chi connectivity index (χ2n) is 6.97. The fourth-order valence-corrected chi connectivity index (χ4v) is 5.12. The summed E-state index contributed by atoms with van der Waals surface area (Å²) in [4.78, 5) is 14.0. The van der Waals surface area contributed by atoms with Gasteiger partial charge in [-0.15, -0.1) is 0 Å². The summed E-state index contributed by atoms with van der Waals surface area (Å²) in [6.45, 7) is 1.06. The third-order valence-corrected chi connectivity index (χ3v) is 6.99. The van der Waals surface area contributed by atoms with Gasteiger partial charge in [0.15, 0.2) is 5.76 Å². The zero-order valence-electron chi connectivity index (χ0n) is 14.7. The average Bonchev–Trinajstić information content (AvgIpc) is 3.16. The standard InChI is InChI=1S/C17H27N3O4S/c1-19(15-6-3-2-4-7-15)25(22,23)18-14-9-11-20(12-10-14)17(21)16-8-5-13-24-16/h5,8,13-15,18H,2-4,6-7,9-12H2,1H3. The number of nitrogens with zero attached hydrogens (tertiary/aromatic N) is 2. The van der Waals surface area contributed by atoms with Crippen LogP contribution in [-0.2, 0) is 10.2 Å². The molecule has 0 spiro atoms. The predicted octanol–water partition coefficient (Wildman–Crippen LogP) is 1.98. The van der Waals surface area contributed by atoms with Gasteiger partial charge in [0.25, 0.3) is 16.1 Å². The number of carbonyl (C=O) groups is 1. The molecule has 1 aliphatic carbocycles. The zero-order valence-corrected chi connectivity index (χ0v) is 15.5. The first-order valence-corrected chi connectivity index (χ1v) is 10.5. The first-order valence-electron chi connectivity index (χ1n) is 9.05. The highest BCUT2D eigenvalue weighted by molar-refractivity contribution is 7.87. The molecule has 2 fully saturated rings. The summed E-state index contributed by atoms with van der Waals surface area (Å²) < 4.78 is 34.7. The number of amides is 1. The SMILES string of the molecule is CN(C1CCCCC1)S(=O)(=O)NC1CCN(C(=O)c2ccco2)CC1. The van der Waals surface area contributed by atoms with Gasteiger partial charge < -0.3 is 9.32 Å². The fraction of sp³-hybridized carbons (Fsp3) is 0.706. The summed E-state index contributed by atoms with van der Waals surface area (Å²) in [6.07, 6.45) is 7.97. The van der Waals surface area contributed by atoms with E-state index < -0.39 is 10.2 Å². The molecule has 8 heteroatoms. The Balaban J connectivity index is 1.51. The molecule has 0 atom stereocenters. The summed E-state index contributed by atoms with van der Waals surface area (Å²) in [7, 11) is -1.80. The van der Waals surface area contributed by atoms with Crippen molar-refractivity contribution in [2.75, 3.05) is 20.1 Å². The Labute approximate surface area is 149 Å². The third kappa shape index (κ3) is 4.43. The van der Waals surface area contributed by atoms with E-state index in [4.69, 9.17) is 4.42 Å². The number of furan rings is 1. The molecule has 1 amide bonds. The minimum absolute atomic E-state index is 0.104. The van der Waals surface area contributed by atoms with Crippen LogP contribution in [0.25, 0.3) is 0 Å². The van der Waals surface area contributed by atoms with E-state index >= 15 is 0 Å². The summed E-state index contributed by atoms with van der Waals surface area (Å²) in [5, 5.41) is 0. The molecule has 1 saturated heterocycles. The number of hydrogen-bond donors (Lipinski definition) is 1. The second kappa shape index (κ2) is 7.88. The van der Waals surface area contributed by atoms with Gasteiger partial charge in [0.05, 0.1) is 6.26 Å². The van der Waals surface area contributed by atoms with E-state index in [1.165, 1.54) is 17.0 Å². The van der Waals surface area contributed by atoms with E-state index in [1.807, 2.05) is 0 Å². The first-order chi connectivity index (χ1) is 12.0. The van der Waals surface area contributed by atoms with Crippen LogP contribution >= 0.6 is 0 Å². The molecule has 0 aromatic carbocycles. The number of carbonyl (C=O) groups excluding carboxylic acids is 1. The van der Waals surface area contributed by atoms with Gasteiger partial charge in [-0.3, -0.25) is 4.79 Å². The van der Waals surface area contributed by atoms with Crippen molar-refractivity contribution in [2.45, 2.75) is 57.0 Å². The van der Waals surface area contributed by atoms with E-state index in [9.17, 15) is 13.2 Å². The predicted molar refractivity (Wildman–Crippen MR) is 94.3 cm³/mol. The molecule has 0 bridgehead atoms. The molecule has 1 aromatic heterocycles. The topological polar surface area (TPSA) is 82.9 Å². The second-order valence-corrected chi connectivity index (χ2v) is 8.74. The van der Waals surface area contributed by atoms with Gasteiger partial charge in [-0.2, -0.15) is 17.4 Å². The number of hydrogen-bond acceptors (Lipinski definition) is 4. The lowest BCUT2D eigenvalue weighted by molar-refractivity contribution is 0.0678. The van der Waals surface area contributed by atoms with Crippen LogP contribution in [0.3, 0.4) is 0 Å². The molecule has 0 unspecified atom stereocenters. The molecular weight excluding hydrogens is 342 g/mol. The van der Waals surface area contributed by atoms with E-state index in [-0.39, 0.29) is 18.0 Å². The van der Waals surface area contributed by atoms with Crippen molar-refractivity contribution in [1.82, 2.24) is 13.9 Å². The van der Waals surface area contributed by atoms with Gasteiger partial charge in [-0.1, -0.05) is 19.3 Å². The van der Waals surface area contributed by atoms with Gasteiger partial charge in [-0.25, -0.2) is 0 Å². The highest BCUT2D eigenvalue weighted by atomic mass is 32.2. The van der Waals surface area contributed by atoms with Gasteiger partial charge in [0.2, 0.25) is 0 Å². The molecule has 2 heterocycles. The Bertz CT molecular complexity index is 660. The molecule has 25 heavy (non-hydrogen) atoms. The Morgan fingerprint density at radius 2 is 1.88 bits per heavy atom. The maximum atomic E-state index is 12.6. The summed E-state index contributed by atoms with van der Waals surface area (Å²) >= 11 is 0. The molecule has 1 aromatic rings. The molecule has 3 rings (SSSR count). The molecule has 0 radical (unpaired) electrons. The Morgan fingerprint density at radius 1 is 1.20 bits per heavy atom. The Hall–Kier alpha value is -1.38. The van der Waals surface area contributed by atoms with Crippen LogP contribution in [0.1, 0.15) is 55.5 Å². The van der Waals surface area contributed by atoms with Crippen LogP contribution in [0.15, 0.2) is 22.8 Å². The van der Waals surface area contributed by atoms with Gasteiger partial charge >= 0.3 is 0 Å². The van der Waals surface area contributed by atoms with Gasteiger partial charge in [0, 0.05) is 32.2 Å². The van der Waals surface area contributed by atoms with Crippen LogP contribution in [-0.4, -0.2) is 55.8 Å². The molecule has 2 aliphatic rings. The van der Waals surface area contributed by atoms with Crippen molar-refractivity contribution < 1.29 is 17.6 Å². The maximum absolute atomic E-state index is 12.6. The lowest BCUT2D eigenvalue weighted by Crippen LogP contribution is -2.51.